The summed E-state index contributed by atoms with van der Waals surface area (Å²) < 4.78 is 0.886. The number of aromatic nitrogens is 4. The number of pyridine rings is 2. The standard InChI is InChI=1S/C28H30N6O2/c1-27(2,3)33(35)24-16-10-14-20(29-24)22-18-23(32-26(31-22)19-12-8-7-9-13-19)21-15-11-17-25(30-21)34(36)28(4,5)6/h7-18H,1-6H3. The molecule has 8 heteroatoms. The van der Waals surface area contributed by atoms with E-state index in [2.05, 4.69) is 9.97 Å². The molecule has 0 amide bonds. The Morgan fingerprint density at radius 3 is 1.86 bits per heavy atom. The van der Waals surface area contributed by atoms with Crippen LogP contribution in [-0.2, 0) is 0 Å². The summed E-state index contributed by atoms with van der Waals surface area (Å²) in [5, 5.41) is 13.7. The minimum Gasteiger partial charge on any atom is -0.757 e. The van der Waals surface area contributed by atoms with Crippen LogP contribution in [0.2, 0.25) is 0 Å². The van der Waals surface area contributed by atoms with Gasteiger partial charge in [0, 0.05) is 17.2 Å². The molecule has 0 N–H and O–H groups in total. The quantitative estimate of drug-likeness (QED) is 0.234. The highest BCUT2D eigenvalue weighted by molar-refractivity contribution is 5.69. The lowest BCUT2D eigenvalue weighted by Crippen LogP contribution is -2.37. The third kappa shape index (κ3) is 5.44. The van der Waals surface area contributed by atoms with E-state index in [9.17, 15) is 10.1 Å². The van der Waals surface area contributed by atoms with Crippen LogP contribution in [0.15, 0.2) is 72.8 Å². The number of nitrogens with zero attached hydrogens (tertiary/aromatic N) is 6. The molecule has 184 valence electrons. The van der Waals surface area contributed by atoms with Crippen molar-refractivity contribution in [3.05, 3.63) is 82.9 Å². The molecule has 0 aliphatic rings. The van der Waals surface area contributed by atoms with Crippen molar-refractivity contribution in [2.24, 2.45) is 0 Å². The van der Waals surface area contributed by atoms with E-state index < -0.39 is 11.1 Å². The van der Waals surface area contributed by atoms with Gasteiger partial charge in [0.1, 0.15) is 17.1 Å². The fourth-order valence-electron chi connectivity index (χ4n) is 3.47. The van der Waals surface area contributed by atoms with Crippen LogP contribution < -0.4 is 5.06 Å². The van der Waals surface area contributed by atoms with E-state index in [0.717, 1.165) is 15.4 Å². The summed E-state index contributed by atoms with van der Waals surface area (Å²) in [6.07, 6.45) is 0. The molecule has 3 heterocycles. The summed E-state index contributed by atoms with van der Waals surface area (Å²) in [7, 11) is 0. The van der Waals surface area contributed by atoms with Crippen molar-refractivity contribution in [3.63, 3.8) is 0 Å². The van der Waals surface area contributed by atoms with Gasteiger partial charge in [0.15, 0.2) is 5.82 Å². The van der Waals surface area contributed by atoms with Crippen LogP contribution in [0, 0.1) is 10.1 Å². The predicted molar refractivity (Wildman–Crippen MR) is 143 cm³/mol. The molecule has 0 bridgehead atoms. The molecule has 0 aliphatic heterocycles. The zero-order chi connectivity index (χ0) is 26.1. The molecule has 4 rings (SSSR count). The summed E-state index contributed by atoms with van der Waals surface area (Å²) in [6, 6.07) is 21.9. The number of rotatable bonds is 5. The number of anilines is 1. The molecule has 0 saturated heterocycles. The fourth-order valence-corrected chi connectivity index (χ4v) is 3.47. The maximum Gasteiger partial charge on any atom is 0.362 e. The van der Waals surface area contributed by atoms with Crippen molar-refractivity contribution in [2.45, 2.75) is 52.6 Å². The van der Waals surface area contributed by atoms with Gasteiger partial charge < -0.3 is 10.3 Å². The highest BCUT2D eigenvalue weighted by Crippen LogP contribution is 2.29. The normalized spacial score (nSPS) is 11.9. The van der Waals surface area contributed by atoms with Gasteiger partial charge in [-0.15, -0.1) is 0 Å². The second kappa shape index (κ2) is 9.54. The number of benzene rings is 1. The highest BCUT2D eigenvalue weighted by Gasteiger charge is 2.29. The third-order valence-corrected chi connectivity index (χ3v) is 5.39. The Bertz CT molecular complexity index is 1390. The van der Waals surface area contributed by atoms with Gasteiger partial charge in [-0.05, 0) is 81.6 Å². The molecule has 0 fully saturated rings. The molecule has 0 spiro atoms. The summed E-state index contributed by atoms with van der Waals surface area (Å²) in [6.45, 7) is 11.0. The van der Waals surface area contributed by atoms with Crippen LogP contribution in [0.5, 0.6) is 0 Å². The van der Waals surface area contributed by atoms with Gasteiger partial charge in [0.25, 0.3) is 0 Å². The molecule has 1 aromatic carbocycles. The average Bonchev–Trinajstić information content (AvgIpc) is 2.87. The van der Waals surface area contributed by atoms with Crippen LogP contribution in [-0.4, -0.2) is 35.8 Å². The van der Waals surface area contributed by atoms with Crippen molar-refractivity contribution < 1.29 is 4.76 Å². The Kier molecular flexibility index (Phi) is 6.65. The zero-order valence-corrected chi connectivity index (χ0v) is 21.4. The SMILES string of the molecule is CC(C)(C)N([O-])c1cccc(-c2cc(-c3cccc([N+](=O)C(C)(C)C)n3)nc(-c3ccccc3)n2)n1. The van der Waals surface area contributed by atoms with Crippen molar-refractivity contribution in [1.29, 1.82) is 0 Å². The Labute approximate surface area is 211 Å². The van der Waals surface area contributed by atoms with E-state index in [1.54, 1.807) is 30.3 Å². The van der Waals surface area contributed by atoms with E-state index in [-0.39, 0.29) is 0 Å². The Morgan fingerprint density at radius 2 is 1.28 bits per heavy atom. The predicted octanol–water partition coefficient (Wildman–Crippen LogP) is 6.58. The Hall–Kier alpha value is -4.04. The monoisotopic (exact) mass is 482 g/mol. The van der Waals surface area contributed by atoms with Crippen LogP contribution in [0.25, 0.3) is 34.2 Å². The number of hydrogen-bond donors (Lipinski definition) is 0. The highest BCUT2D eigenvalue weighted by atomic mass is 16.5. The van der Waals surface area contributed by atoms with Crippen LogP contribution in [0.4, 0.5) is 11.6 Å². The maximum absolute atomic E-state index is 12.8. The van der Waals surface area contributed by atoms with Gasteiger partial charge in [-0.25, -0.2) is 15.0 Å². The molecular weight excluding hydrogens is 452 g/mol. The molecule has 0 saturated carbocycles. The lowest BCUT2D eigenvalue weighted by atomic mass is 10.1. The second-order valence-corrected chi connectivity index (χ2v) is 10.5. The lowest BCUT2D eigenvalue weighted by Gasteiger charge is -2.42. The van der Waals surface area contributed by atoms with E-state index in [0.29, 0.717) is 40.2 Å². The molecular formula is C28H30N6O2. The van der Waals surface area contributed by atoms with Crippen molar-refractivity contribution >= 4 is 11.6 Å². The zero-order valence-electron chi connectivity index (χ0n) is 21.4. The Morgan fingerprint density at radius 1 is 0.694 bits per heavy atom. The topological polar surface area (TPSA) is 97.9 Å². The molecule has 3 aromatic heterocycles. The van der Waals surface area contributed by atoms with Crippen molar-refractivity contribution in [1.82, 2.24) is 19.9 Å². The summed E-state index contributed by atoms with van der Waals surface area (Å²) >= 11 is 0. The summed E-state index contributed by atoms with van der Waals surface area (Å²) in [5.41, 5.74) is 1.71. The number of hydroxylamine groups is 1. The van der Waals surface area contributed by atoms with Crippen LogP contribution >= 0.6 is 0 Å². The van der Waals surface area contributed by atoms with Gasteiger partial charge in [0.05, 0.1) is 11.4 Å². The molecule has 36 heavy (non-hydrogen) atoms. The van der Waals surface area contributed by atoms with E-state index in [4.69, 9.17) is 9.97 Å². The minimum absolute atomic E-state index is 0.300. The number of nitroso groups, excluding NO2 is 1. The van der Waals surface area contributed by atoms with Crippen molar-refractivity contribution in [3.8, 4) is 34.2 Å². The lowest BCUT2D eigenvalue weighted by molar-refractivity contribution is -0.543. The van der Waals surface area contributed by atoms with Gasteiger partial charge in [-0.1, -0.05) is 41.3 Å². The first kappa shape index (κ1) is 25.1. The van der Waals surface area contributed by atoms with Gasteiger partial charge >= 0.3 is 5.82 Å². The maximum atomic E-state index is 12.8. The van der Waals surface area contributed by atoms with Crippen molar-refractivity contribution in [2.75, 3.05) is 5.06 Å². The molecule has 0 radical (unpaired) electrons. The largest absolute Gasteiger partial charge is 0.757 e. The van der Waals surface area contributed by atoms with Crippen LogP contribution in [0.3, 0.4) is 0 Å². The van der Waals surface area contributed by atoms with E-state index >= 15 is 0 Å². The van der Waals surface area contributed by atoms with E-state index in [1.165, 1.54) is 0 Å². The van der Waals surface area contributed by atoms with Crippen LogP contribution in [0.1, 0.15) is 41.5 Å². The van der Waals surface area contributed by atoms with E-state index in [1.807, 2.05) is 84.0 Å². The van der Waals surface area contributed by atoms with Gasteiger partial charge in [-0.3, -0.25) is 0 Å². The molecule has 0 unspecified atom stereocenters. The smallest absolute Gasteiger partial charge is 0.362 e. The first-order valence-electron chi connectivity index (χ1n) is 11.8. The Balaban J connectivity index is 1.87. The molecule has 4 aromatic rings. The van der Waals surface area contributed by atoms with Gasteiger partial charge in [0.2, 0.25) is 5.69 Å². The molecule has 0 atom stereocenters. The molecule has 8 nitrogen and oxygen atoms in total. The second-order valence-electron chi connectivity index (χ2n) is 10.5. The average molecular weight is 483 g/mol. The summed E-state index contributed by atoms with van der Waals surface area (Å²) in [4.78, 5) is 31.5. The third-order valence-electron chi connectivity index (χ3n) is 5.39. The number of hydrogen-bond acceptors (Lipinski definition) is 7. The molecule has 0 aliphatic carbocycles. The first-order valence-corrected chi connectivity index (χ1v) is 11.8. The first-order chi connectivity index (χ1) is 16.9. The summed E-state index contributed by atoms with van der Waals surface area (Å²) in [5.74, 6) is 1.09. The van der Waals surface area contributed by atoms with Gasteiger partial charge in [-0.2, -0.15) is 0 Å². The fraction of sp³-hybridized carbons (Fsp3) is 0.286. The minimum atomic E-state index is -0.640.